The number of amides is 1. The van der Waals surface area contributed by atoms with Crippen molar-refractivity contribution in [3.8, 4) is 0 Å². The van der Waals surface area contributed by atoms with E-state index in [1.54, 1.807) is 11.3 Å². The van der Waals surface area contributed by atoms with Gasteiger partial charge in [-0.2, -0.15) is 0 Å². The highest BCUT2D eigenvalue weighted by atomic mass is 32.1. The Morgan fingerprint density at radius 1 is 1.63 bits per heavy atom. The molecule has 0 radical (unpaired) electrons. The van der Waals surface area contributed by atoms with E-state index < -0.39 is 0 Å². The SMILES string of the molecule is CCO[C@@H]1C[C@H]1C(=O)N1CCC[C@H](c2nccs2)C1. The Morgan fingerprint density at radius 2 is 2.53 bits per heavy atom. The molecule has 1 saturated heterocycles. The lowest BCUT2D eigenvalue weighted by atomic mass is 9.98. The Hall–Kier alpha value is -0.940. The summed E-state index contributed by atoms with van der Waals surface area (Å²) in [6.45, 7) is 4.42. The number of likely N-dealkylation sites (tertiary alicyclic amines) is 1. The molecule has 2 fully saturated rings. The van der Waals surface area contributed by atoms with Gasteiger partial charge in [-0.3, -0.25) is 4.79 Å². The van der Waals surface area contributed by atoms with Gasteiger partial charge in [0.1, 0.15) is 0 Å². The first-order valence-corrected chi connectivity index (χ1v) is 7.97. The van der Waals surface area contributed by atoms with Crippen LogP contribution in [-0.4, -0.2) is 41.6 Å². The van der Waals surface area contributed by atoms with Crippen LogP contribution >= 0.6 is 11.3 Å². The summed E-state index contributed by atoms with van der Waals surface area (Å²) in [4.78, 5) is 18.8. The van der Waals surface area contributed by atoms with Gasteiger partial charge in [-0.15, -0.1) is 11.3 Å². The van der Waals surface area contributed by atoms with Crippen molar-refractivity contribution in [1.82, 2.24) is 9.88 Å². The van der Waals surface area contributed by atoms with Gasteiger partial charge in [0.2, 0.25) is 5.91 Å². The molecule has 1 amide bonds. The predicted molar refractivity (Wildman–Crippen MR) is 74.2 cm³/mol. The van der Waals surface area contributed by atoms with E-state index in [1.165, 1.54) is 5.01 Å². The van der Waals surface area contributed by atoms with Crippen LogP contribution in [0.1, 0.15) is 37.1 Å². The van der Waals surface area contributed by atoms with Crippen molar-refractivity contribution in [2.24, 2.45) is 5.92 Å². The van der Waals surface area contributed by atoms with Crippen molar-refractivity contribution in [2.45, 2.75) is 38.2 Å². The molecule has 104 valence electrons. The number of hydrogen-bond acceptors (Lipinski definition) is 4. The molecule has 3 rings (SSSR count). The molecule has 3 atom stereocenters. The maximum atomic E-state index is 12.4. The molecule has 2 heterocycles. The van der Waals surface area contributed by atoms with Gasteiger partial charge in [-0.05, 0) is 26.2 Å². The summed E-state index contributed by atoms with van der Waals surface area (Å²) in [5, 5.41) is 3.19. The first-order valence-electron chi connectivity index (χ1n) is 7.09. The average molecular weight is 280 g/mol. The smallest absolute Gasteiger partial charge is 0.228 e. The first-order chi connectivity index (χ1) is 9.29. The number of thiazole rings is 1. The largest absolute Gasteiger partial charge is 0.378 e. The van der Waals surface area contributed by atoms with Gasteiger partial charge in [0, 0.05) is 37.2 Å². The summed E-state index contributed by atoms with van der Waals surface area (Å²) >= 11 is 1.70. The molecule has 0 aromatic carbocycles. The molecule has 0 N–H and O–H groups in total. The lowest BCUT2D eigenvalue weighted by molar-refractivity contribution is -0.134. The van der Waals surface area contributed by atoms with Gasteiger partial charge in [0.05, 0.1) is 17.0 Å². The Bertz CT molecular complexity index is 435. The Labute approximate surface area is 117 Å². The zero-order chi connectivity index (χ0) is 13.2. The molecule has 1 aliphatic carbocycles. The van der Waals surface area contributed by atoms with Gasteiger partial charge in [0.15, 0.2) is 0 Å². The van der Waals surface area contributed by atoms with Gasteiger partial charge in [0.25, 0.3) is 0 Å². The minimum absolute atomic E-state index is 0.120. The Morgan fingerprint density at radius 3 is 3.26 bits per heavy atom. The van der Waals surface area contributed by atoms with Crippen molar-refractivity contribution in [1.29, 1.82) is 0 Å². The van der Waals surface area contributed by atoms with E-state index in [-0.39, 0.29) is 12.0 Å². The third kappa shape index (κ3) is 2.82. The van der Waals surface area contributed by atoms with Crippen molar-refractivity contribution < 1.29 is 9.53 Å². The van der Waals surface area contributed by atoms with E-state index in [9.17, 15) is 4.79 Å². The minimum atomic E-state index is 0.120. The van der Waals surface area contributed by atoms with Crippen molar-refractivity contribution in [2.75, 3.05) is 19.7 Å². The molecule has 2 aliphatic rings. The minimum Gasteiger partial charge on any atom is -0.378 e. The van der Waals surface area contributed by atoms with Gasteiger partial charge in [-0.25, -0.2) is 4.98 Å². The number of nitrogens with zero attached hydrogens (tertiary/aromatic N) is 2. The van der Waals surface area contributed by atoms with E-state index >= 15 is 0 Å². The van der Waals surface area contributed by atoms with Crippen molar-refractivity contribution in [3.63, 3.8) is 0 Å². The fraction of sp³-hybridized carbons (Fsp3) is 0.714. The molecule has 1 aromatic rings. The number of carbonyl (C=O) groups is 1. The van der Waals surface area contributed by atoms with Crippen LogP contribution in [0.3, 0.4) is 0 Å². The molecule has 0 spiro atoms. The highest BCUT2D eigenvalue weighted by Crippen LogP contribution is 2.37. The van der Waals surface area contributed by atoms with Crippen LogP contribution in [0, 0.1) is 5.92 Å². The molecular formula is C14H20N2O2S. The van der Waals surface area contributed by atoms with Crippen LogP contribution in [-0.2, 0) is 9.53 Å². The van der Waals surface area contributed by atoms with Crippen molar-refractivity contribution in [3.05, 3.63) is 16.6 Å². The lowest BCUT2D eigenvalue weighted by Crippen LogP contribution is -2.40. The first kappa shape index (κ1) is 13.1. The zero-order valence-electron chi connectivity index (χ0n) is 11.2. The number of ether oxygens (including phenoxy) is 1. The molecule has 4 nitrogen and oxygen atoms in total. The van der Waals surface area contributed by atoms with Crippen LogP contribution in [0.4, 0.5) is 0 Å². The third-order valence-corrected chi connectivity index (χ3v) is 4.90. The maximum Gasteiger partial charge on any atom is 0.228 e. The lowest BCUT2D eigenvalue weighted by Gasteiger charge is -2.32. The number of rotatable bonds is 4. The molecule has 0 unspecified atom stereocenters. The normalized spacial score (nSPS) is 30.4. The summed E-state index contributed by atoms with van der Waals surface area (Å²) in [7, 11) is 0. The molecule has 1 saturated carbocycles. The van der Waals surface area contributed by atoms with Gasteiger partial charge >= 0.3 is 0 Å². The molecule has 1 aromatic heterocycles. The van der Waals surface area contributed by atoms with E-state index in [1.807, 2.05) is 23.4 Å². The van der Waals surface area contributed by atoms with Gasteiger partial charge < -0.3 is 9.64 Å². The van der Waals surface area contributed by atoms with Crippen LogP contribution < -0.4 is 0 Å². The average Bonchev–Trinajstić information content (AvgIpc) is 3.00. The highest BCUT2D eigenvalue weighted by Gasteiger charge is 2.46. The molecular weight excluding hydrogens is 260 g/mol. The van der Waals surface area contributed by atoms with Crippen LogP contribution in [0.15, 0.2) is 11.6 Å². The predicted octanol–water partition coefficient (Wildman–Crippen LogP) is 2.27. The Balaban J connectivity index is 1.58. The zero-order valence-corrected chi connectivity index (χ0v) is 12.1. The van der Waals surface area contributed by atoms with Gasteiger partial charge in [-0.1, -0.05) is 0 Å². The standard InChI is InChI=1S/C14H20N2O2S/c1-2-18-12-8-11(12)14(17)16-6-3-4-10(9-16)13-15-5-7-19-13/h5,7,10-12H,2-4,6,8-9H2,1H3/t10-,11+,12+/m0/s1. The van der Waals surface area contributed by atoms with E-state index in [4.69, 9.17) is 4.74 Å². The molecule has 5 heteroatoms. The van der Waals surface area contributed by atoms with Crippen molar-refractivity contribution >= 4 is 17.2 Å². The second-order valence-electron chi connectivity index (χ2n) is 5.33. The number of hydrogen-bond donors (Lipinski definition) is 0. The van der Waals surface area contributed by atoms with Crippen LogP contribution in [0.2, 0.25) is 0 Å². The fourth-order valence-corrected chi connectivity index (χ4v) is 3.65. The second kappa shape index (κ2) is 5.59. The maximum absolute atomic E-state index is 12.4. The number of carbonyl (C=O) groups excluding carboxylic acids is 1. The summed E-state index contributed by atoms with van der Waals surface area (Å²) in [5.41, 5.74) is 0. The fourth-order valence-electron chi connectivity index (χ4n) is 2.88. The number of aromatic nitrogens is 1. The van der Waals surface area contributed by atoms with E-state index in [0.29, 0.717) is 18.4 Å². The molecule has 1 aliphatic heterocycles. The van der Waals surface area contributed by atoms with Crippen LogP contribution in [0.25, 0.3) is 0 Å². The van der Waals surface area contributed by atoms with E-state index in [2.05, 4.69) is 4.98 Å². The highest BCUT2D eigenvalue weighted by molar-refractivity contribution is 7.09. The second-order valence-corrected chi connectivity index (χ2v) is 6.26. The third-order valence-electron chi connectivity index (χ3n) is 3.96. The summed E-state index contributed by atoms with van der Waals surface area (Å²) < 4.78 is 5.52. The quantitative estimate of drug-likeness (QED) is 0.849. The summed E-state index contributed by atoms with van der Waals surface area (Å²) in [6.07, 6.45) is 5.18. The van der Waals surface area contributed by atoms with E-state index in [0.717, 1.165) is 32.4 Å². The topological polar surface area (TPSA) is 42.4 Å². The summed E-state index contributed by atoms with van der Waals surface area (Å²) in [5.74, 6) is 0.844. The number of piperidine rings is 1. The Kier molecular flexibility index (Phi) is 3.84. The van der Waals surface area contributed by atoms with Crippen LogP contribution in [0.5, 0.6) is 0 Å². The monoisotopic (exact) mass is 280 g/mol. The molecule has 19 heavy (non-hydrogen) atoms. The summed E-state index contributed by atoms with van der Waals surface area (Å²) in [6, 6.07) is 0. The molecule has 0 bridgehead atoms.